The SMILES string of the molecule is CCOC(=O)NC1CCC2C=CC2C1. The van der Waals surface area contributed by atoms with Crippen molar-refractivity contribution < 1.29 is 9.53 Å². The molecule has 1 N–H and O–H groups in total. The molecule has 0 aliphatic heterocycles. The fourth-order valence-electron chi connectivity index (χ4n) is 2.30. The van der Waals surface area contributed by atoms with Gasteiger partial charge in [-0.15, -0.1) is 0 Å². The molecule has 0 aromatic carbocycles. The number of ether oxygens (including phenoxy) is 1. The van der Waals surface area contributed by atoms with E-state index < -0.39 is 0 Å². The molecule has 0 heterocycles. The van der Waals surface area contributed by atoms with Gasteiger partial charge in [-0.2, -0.15) is 0 Å². The third kappa shape index (κ3) is 1.91. The fourth-order valence-corrected chi connectivity index (χ4v) is 2.30. The van der Waals surface area contributed by atoms with Crippen LogP contribution in [0.25, 0.3) is 0 Å². The van der Waals surface area contributed by atoms with Gasteiger partial charge in [0.1, 0.15) is 0 Å². The first-order valence-corrected chi connectivity index (χ1v) is 5.41. The summed E-state index contributed by atoms with van der Waals surface area (Å²) in [4.78, 5) is 11.2. The van der Waals surface area contributed by atoms with Gasteiger partial charge in [0, 0.05) is 6.04 Å². The predicted molar refractivity (Wildman–Crippen MR) is 53.9 cm³/mol. The molecule has 0 spiro atoms. The van der Waals surface area contributed by atoms with Crippen molar-refractivity contribution in [3.8, 4) is 0 Å². The number of fused-ring (bicyclic) bond motifs is 1. The molecule has 3 nitrogen and oxygen atoms in total. The number of carbonyl (C=O) groups is 1. The Morgan fingerprint density at radius 1 is 1.43 bits per heavy atom. The van der Waals surface area contributed by atoms with Gasteiger partial charge in [-0.05, 0) is 38.0 Å². The maximum Gasteiger partial charge on any atom is 0.407 e. The molecule has 0 aromatic heterocycles. The van der Waals surface area contributed by atoms with Crippen molar-refractivity contribution >= 4 is 6.09 Å². The molecule has 0 aromatic rings. The molecule has 3 heteroatoms. The first kappa shape index (κ1) is 9.56. The van der Waals surface area contributed by atoms with Gasteiger partial charge in [0.25, 0.3) is 0 Å². The first-order chi connectivity index (χ1) is 6.79. The van der Waals surface area contributed by atoms with Gasteiger partial charge >= 0.3 is 6.09 Å². The summed E-state index contributed by atoms with van der Waals surface area (Å²) >= 11 is 0. The van der Waals surface area contributed by atoms with Gasteiger partial charge in [-0.3, -0.25) is 0 Å². The van der Waals surface area contributed by atoms with Crippen LogP contribution in [0.1, 0.15) is 26.2 Å². The molecular weight excluding hydrogens is 178 g/mol. The largest absolute Gasteiger partial charge is 0.450 e. The molecule has 1 fully saturated rings. The minimum absolute atomic E-state index is 0.265. The van der Waals surface area contributed by atoms with Crippen molar-refractivity contribution in [2.24, 2.45) is 11.8 Å². The van der Waals surface area contributed by atoms with E-state index in [9.17, 15) is 4.79 Å². The van der Waals surface area contributed by atoms with Crippen LogP contribution in [-0.4, -0.2) is 18.7 Å². The highest BCUT2D eigenvalue weighted by Gasteiger charge is 2.32. The van der Waals surface area contributed by atoms with E-state index in [4.69, 9.17) is 4.74 Å². The summed E-state index contributed by atoms with van der Waals surface area (Å²) < 4.78 is 4.86. The standard InChI is InChI=1S/C11H17NO2/c1-2-14-11(13)12-10-6-5-8-3-4-9(8)7-10/h3-4,8-10H,2,5-7H2,1H3,(H,12,13). The zero-order valence-corrected chi connectivity index (χ0v) is 8.53. The summed E-state index contributed by atoms with van der Waals surface area (Å²) in [5, 5.41) is 2.91. The van der Waals surface area contributed by atoms with Crippen LogP contribution in [0.3, 0.4) is 0 Å². The molecule has 2 aliphatic rings. The summed E-state index contributed by atoms with van der Waals surface area (Å²) in [6.07, 6.45) is 7.65. The Balaban J connectivity index is 1.76. The first-order valence-electron chi connectivity index (χ1n) is 5.41. The molecule has 1 saturated carbocycles. The number of alkyl carbamates (subject to hydrolysis) is 1. The number of allylic oxidation sites excluding steroid dienone is 2. The maximum absolute atomic E-state index is 11.2. The minimum atomic E-state index is -0.265. The molecule has 2 aliphatic carbocycles. The van der Waals surface area contributed by atoms with Crippen LogP contribution in [-0.2, 0) is 4.74 Å². The number of amides is 1. The molecular formula is C11H17NO2. The molecule has 1 amide bonds. The molecule has 78 valence electrons. The highest BCUT2D eigenvalue weighted by Crippen LogP contribution is 2.38. The van der Waals surface area contributed by atoms with Crippen LogP contribution in [0.4, 0.5) is 4.79 Å². The lowest BCUT2D eigenvalue weighted by Crippen LogP contribution is -2.42. The Morgan fingerprint density at radius 2 is 2.21 bits per heavy atom. The third-order valence-corrected chi connectivity index (χ3v) is 3.16. The molecule has 0 radical (unpaired) electrons. The highest BCUT2D eigenvalue weighted by atomic mass is 16.5. The zero-order chi connectivity index (χ0) is 9.97. The molecule has 3 atom stereocenters. The average molecular weight is 195 g/mol. The van der Waals surface area contributed by atoms with Crippen LogP contribution in [0.5, 0.6) is 0 Å². The summed E-state index contributed by atoms with van der Waals surface area (Å²) in [6, 6.07) is 0.320. The lowest BCUT2D eigenvalue weighted by molar-refractivity contribution is 0.140. The number of rotatable bonds is 2. The van der Waals surface area contributed by atoms with Gasteiger partial charge in [0.05, 0.1) is 6.61 Å². The van der Waals surface area contributed by atoms with Crippen LogP contribution < -0.4 is 5.32 Å². The van der Waals surface area contributed by atoms with E-state index in [0.717, 1.165) is 18.8 Å². The van der Waals surface area contributed by atoms with Crippen LogP contribution in [0, 0.1) is 11.8 Å². The summed E-state index contributed by atoms with van der Waals surface area (Å²) in [6.45, 7) is 2.27. The Hall–Kier alpha value is -0.990. The van der Waals surface area contributed by atoms with Gasteiger partial charge in [-0.1, -0.05) is 12.2 Å². The van der Waals surface area contributed by atoms with E-state index in [-0.39, 0.29) is 6.09 Å². The van der Waals surface area contributed by atoms with E-state index >= 15 is 0 Å². The van der Waals surface area contributed by atoms with Gasteiger partial charge < -0.3 is 10.1 Å². The summed E-state index contributed by atoms with van der Waals surface area (Å²) in [5.74, 6) is 1.49. The monoisotopic (exact) mass is 195 g/mol. The van der Waals surface area contributed by atoms with Crippen molar-refractivity contribution in [1.82, 2.24) is 5.32 Å². The minimum Gasteiger partial charge on any atom is -0.450 e. The second-order valence-corrected chi connectivity index (χ2v) is 4.09. The number of nitrogens with one attached hydrogen (secondary N) is 1. The molecule has 3 unspecified atom stereocenters. The predicted octanol–water partition coefficient (Wildman–Crippen LogP) is 2.09. The summed E-state index contributed by atoms with van der Waals surface area (Å²) in [7, 11) is 0. The van der Waals surface area contributed by atoms with Crippen LogP contribution >= 0.6 is 0 Å². The van der Waals surface area contributed by atoms with Crippen molar-refractivity contribution in [1.29, 1.82) is 0 Å². The van der Waals surface area contributed by atoms with E-state index in [1.807, 2.05) is 6.92 Å². The third-order valence-electron chi connectivity index (χ3n) is 3.16. The van der Waals surface area contributed by atoms with Gasteiger partial charge in [0.2, 0.25) is 0 Å². The lowest BCUT2D eigenvalue weighted by atomic mass is 9.70. The number of hydrogen-bond donors (Lipinski definition) is 1. The molecule has 2 rings (SSSR count). The van der Waals surface area contributed by atoms with Crippen molar-refractivity contribution in [2.45, 2.75) is 32.2 Å². The Labute approximate surface area is 84.5 Å². The molecule has 0 saturated heterocycles. The van der Waals surface area contributed by atoms with Crippen molar-refractivity contribution in [2.75, 3.05) is 6.61 Å². The smallest absolute Gasteiger partial charge is 0.407 e. The van der Waals surface area contributed by atoms with E-state index in [0.29, 0.717) is 18.6 Å². The highest BCUT2D eigenvalue weighted by molar-refractivity contribution is 5.67. The Bertz CT molecular complexity index is 250. The maximum atomic E-state index is 11.2. The van der Waals surface area contributed by atoms with E-state index in [2.05, 4.69) is 17.5 Å². The van der Waals surface area contributed by atoms with Crippen molar-refractivity contribution in [3.63, 3.8) is 0 Å². The van der Waals surface area contributed by atoms with Gasteiger partial charge in [-0.25, -0.2) is 4.79 Å². The second kappa shape index (κ2) is 4.03. The normalized spacial score (nSPS) is 34.2. The number of carbonyl (C=O) groups excluding carboxylic acids is 1. The van der Waals surface area contributed by atoms with E-state index in [1.54, 1.807) is 0 Å². The average Bonchev–Trinajstić information content (AvgIpc) is 2.10. The zero-order valence-electron chi connectivity index (χ0n) is 8.53. The molecule has 14 heavy (non-hydrogen) atoms. The second-order valence-electron chi connectivity index (χ2n) is 4.09. The van der Waals surface area contributed by atoms with Crippen LogP contribution in [0.2, 0.25) is 0 Å². The topological polar surface area (TPSA) is 38.3 Å². The Morgan fingerprint density at radius 3 is 2.79 bits per heavy atom. The number of hydrogen-bond acceptors (Lipinski definition) is 2. The van der Waals surface area contributed by atoms with Crippen LogP contribution in [0.15, 0.2) is 12.2 Å². The summed E-state index contributed by atoms with van der Waals surface area (Å²) in [5.41, 5.74) is 0. The fraction of sp³-hybridized carbons (Fsp3) is 0.727. The lowest BCUT2D eigenvalue weighted by Gasteiger charge is -2.38. The van der Waals surface area contributed by atoms with Gasteiger partial charge in [0.15, 0.2) is 0 Å². The quantitative estimate of drug-likeness (QED) is 0.685. The van der Waals surface area contributed by atoms with Crippen molar-refractivity contribution in [3.05, 3.63) is 12.2 Å². The molecule has 0 bridgehead atoms. The van der Waals surface area contributed by atoms with E-state index in [1.165, 1.54) is 6.42 Å². The Kier molecular flexibility index (Phi) is 2.75.